The van der Waals surface area contributed by atoms with Crippen LogP contribution in [0.3, 0.4) is 0 Å². The first-order chi connectivity index (χ1) is 12.9. The summed E-state index contributed by atoms with van der Waals surface area (Å²) >= 11 is 0. The molecule has 1 fully saturated rings. The van der Waals surface area contributed by atoms with Crippen molar-refractivity contribution in [2.24, 2.45) is 11.8 Å². The Morgan fingerprint density at radius 2 is 1.56 bits per heavy atom. The lowest BCUT2D eigenvalue weighted by Gasteiger charge is -2.39. The van der Waals surface area contributed by atoms with Gasteiger partial charge in [-0.15, -0.1) is 0 Å². The second-order valence-corrected chi connectivity index (χ2v) is 6.45. The smallest absolute Gasteiger partial charge is 0.309 e. The second kappa shape index (κ2) is 7.90. The number of para-hydroxylation sites is 1. The quantitative estimate of drug-likeness (QED) is 0.690. The number of carbonyl (C=O) groups is 3. The summed E-state index contributed by atoms with van der Waals surface area (Å²) in [7, 11) is 0. The van der Waals surface area contributed by atoms with Gasteiger partial charge in [0.2, 0.25) is 5.91 Å². The molecule has 1 aliphatic carbocycles. The van der Waals surface area contributed by atoms with Crippen molar-refractivity contribution in [2.45, 2.75) is 18.9 Å². The van der Waals surface area contributed by atoms with Gasteiger partial charge in [0.15, 0.2) is 0 Å². The Kier molecular flexibility index (Phi) is 5.40. The zero-order chi connectivity index (χ0) is 19.4. The molecule has 1 saturated carbocycles. The third-order valence-electron chi connectivity index (χ3n) is 4.59. The van der Waals surface area contributed by atoms with E-state index in [1.165, 1.54) is 0 Å². The fourth-order valence-electron chi connectivity index (χ4n) is 3.14. The molecule has 3 N–H and O–H groups in total. The molecule has 140 valence electrons. The van der Waals surface area contributed by atoms with E-state index in [2.05, 4.69) is 5.32 Å². The van der Waals surface area contributed by atoms with Crippen LogP contribution in [0.15, 0.2) is 54.6 Å². The maximum Gasteiger partial charge on any atom is 0.309 e. The number of nitrogens with one attached hydrogen (secondary N) is 1. The van der Waals surface area contributed by atoms with Gasteiger partial charge in [-0.3, -0.25) is 14.4 Å². The molecule has 2 aromatic rings. The van der Waals surface area contributed by atoms with E-state index in [1.807, 2.05) is 30.3 Å². The van der Waals surface area contributed by atoms with Crippen LogP contribution in [-0.2, 0) is 20.8 Å². The first-order valence-electron chi connectivity index (χ1n) is 8.51. The molecular formula is C20H19NO6. The molecule has 1 amide bonds. The Labute approximate surface area is 155 Å². The first kappa shape index (κ1) is 18.4. The van der Waals surface area contributed by atoms with E-state index in [9.17, 15) is 14.4 Å². The zero-order valence-corrected chi connectivity index (χ0v) is 14.4. The fraction of sp³-hybridized carbons (Fsp3) is 0.250. The van der Waals surface area contributed by atoms with Crippen LogP contribution in [0, 0.1) is 11.8 Å². The number of ether oxygens (including phenoxy) is 1. The molecule has 0 spiro atoms. The van der Waals surface area contributed by atoms with Crippen molar-refractivity contribution in [3.05, 3.63) is 60.2 Å². The van der Waals surface area contributed by atoms with Crippen LogP contribution in [0.5, 0.6) is 11.5 Å². The summed E-state index contributed by atoms with van der Waals surface area (Å²) in [5.74, 6) is -3.40. The van der Waals surface area contributed by atoms with Crippen LogP contribution >= 0.6 is 0 Å². The lowest BCUT2D eigenvalue weighted by molar-refractivity contribution is -0.163. The van der Waals surface area contributed by atoms with E-state index in [0.717, 1.165) is 5.56 Å². The monoisotopic (exact) mass is 369 g/mol. The van der Waals surface area contributed by atoms with Crippen LogP contribution in [0.4, 0.5) is 0 Å². The summed E-state index contributed by atoms with van der Waals surface area (Å²) < 4.78 is 5.68. The van der Waals surface area contributed by atoms with Gasteiger partial charge in [0.25, 0.3) is 0 Å². The van der Waals surface area contributed by atoms with E-state index in [4.69, 9.17) is 14.9 Å². The standard InChI is InChI=1S/C20H19NO6/c22-17(21-16-11-15(19(23)24)18(16)20(25)26)10-12-6-8-14(9-7-12)27-13-4-2-1-3-5-13/h1-9,15-16,18H,10-11H2,(H,21,22)(H,23,24)(H,25,26). The van der Waals surface area contributed by atoms with Gasteiger partial charge in [0.1, 0.15) is 11.5 Å². The predicted octanol–water partition coefficient (Wildman–Crippen LogP) is 2.31. The van der Waals surface area contributed by atoms with Crippen molar-refractivity contribution in [3.8, 4) is 11.5 Å². The summed E-state index contributed by atoms with van der Waals surface area (Å²) in [6, 6.07) is 15.7. The highest BCUT2D eigenvalue weighted by Crippen LogP contribution is 2.35. The molecule has 7 heteroatoms. The van der Waals surface area contributed by atoms with Crippen molar-refractivity contribution in [2.75, 3.05) is 0 Å². The summed E-state index contributed by atoms with van der Waals surface area (Å²) in [4.78, 5) is 34.4. The number of rotatable bonds is 7. The number of amides is 1. The summed E-state index contributed by atoms with van der Waals surface area (Å²) in [6.07, 6.45) is 0.202. The highest BCUT2D eigenvalue weighted by atomic mass is 16.5. The second-order valence-electron chi connectivity index (χ2n) is 6.45. The molecule has 0 aliphatic heterocycles. The van der Waals surface area contributed by atoms with E-state index in [0.29, 0.717) is 11.5 Å². The molecular weight excluding hydrogens is 350 g/mol. The van der Waals surface area contributed by atoms with E-state index >= 15 is 0 Å². The Morgan fingerprint density at radius 3 is 2.15 bits per heavy atom. The van der Waals surface area contributed by atoms with E-state index in [1.54, 1.807) is 24.3 Å². The van der Waals surface area contributed by atoms with Gasteiger partial charge in [0, 0.05) is 6.04 Å². The lowest BCUT2D eigenvalue weighted by atomic mass is 9.69. The number of carboxylic acid groups (broad SMARTS) is 2. The maximum absolute atomic E-state index is 12.2. The van der Waals surface area contributed by atoms with Gasteiger partial charge in [-0.25, -0.2) is 0 Å². The van der Waals surface area contributed by atoms with Gasteiger partial charge in [-0.05, 0) is 36.2 Å². The lowest BCUT2D eigenvalue weighted by Crippen LogP contribution is -2.58. The van der Waals surface area contributed by atoms with Crippen molar-refractivity contribution >= 4 is 17.8 Å². The summed E-state index contributed by atoms with van der Waals surface area (Å²) in [6.45, 7) is 0. The van der Waals surface area contributed by atoms with Gasteiger partial charge in [-0.1, -0.05) is 30.3 Å². The minimum Gasteiger partial charge on any atom is -0.481 e. The van der Waals surface area contributed by atoms with Crippen molar-refractivity contribution in [1.29, 1.82) is 0 Å². The average molecular weight is 369 g/mol. The molecule has 27 heavy (non-hydrogen) atoms. The molecule has 0 heterocycles. The molecule has 2 aromatic carbocycles. The third-order valence-corrected chi connectivity index (χ3v) is 4.59. The van der Waals surface area contributed by atoms with E-state index in [-0.39, 0.29) is 18.7 Å². The van der Waals surface area contributed by atoms with Gasteiger partial charge in [-0.2, -0.15) is 0 Å². The minimum absolute atomic E-state index is 0.0756. The maximum atomic E-state index is 12.2. The number of hydrogen-bond acceptors (Lipinski definition) is 4. The van der Waals surface area contributed by atoms with Crippen molar-refractivity contribution in [3.63, 3.8) is 0 Å². The number of carboxylic acids is 2. The highest BCUT2D eigenvalue weighted by Gasteiger charge is 2.50. The number of carbonyl (C=O) groups excluding carboxylic acids is 1. The molecule has 3 rings (SSSR count). The largest absolute Gasteiger partial charge is 0.481 e. The zero-order valence-electron chi connectivity index (χ0n) is 14.4. The molecule has 0 saturated heterocycles. The molecule has 0 aromatic heterocycles. The third kappa shape index (κ3) is 4.44. The fourth-order valence-corrected chi connectivity index (χ4v) is 3.14. The summed E-state index contributed by atoms with van der Waals surface area (Å²) in [5.41, 5.74) is 0.744. The van der Waals surface area contributed by atoms with Crippen LogP contribution < -0.4 is 10.1 Å². The molecule has 3 unspecified atom stereocenters. The number of hydrogen-bond donors (Lipinski definition) is 3. The topological polar surface area (TPSA) is 113 Å². The highest BCUT2D eigenvalue weighted by molar-refractivity contribution is 5.85. The van der Waals surface area contributed by atoms with Gasteiger partial charge < -0.3 is 20.3 Å². The molecule has 7 nitrogen and oxygen atoms in total. The van der Waals surface area contributed by atoms with Gasteiger partial charge >= 0.3 is 11.9 Å². The molecule has 0 radical (unpaired) electrons. The Morgan fingerprint density at radius 1 is 0.926 bits per heavy atom. The molecule has 0 bridgehead atoms. The SMILES string of the molecule is O=C(Cc1ccc(Oc2ccccc2)cc1)NC1CC(C(=O)O)C1C(=O)O. The number of aliphatic carboxylic acids is 2. The average Bonchev–Trinajstić information content (AvgIpc) is 2.60. The van der Waals surface area contributed by atoms with Crippen LogP contribution in [-0.4, -0.2) is 34.1 Å². The Balaban J connectivity index is 1.54. The normalized spacial score (nSPS) is 21.0. The van der Waals surface area contributed by atoms with Crippen LogP contribution in [0.25, 0.3) is 0 Å². The Hall–Kier alpha value is -3.35. The van der Waals surface area contributed by atoms with Crippen molar-refractivity contribution < 1.29 is 29.3 Å². The van der Waals surface area contributed by atoms with Crippen LogP contribution in [0.2, 0.25) is 0 Å². The minimum atomic E-state index is -1.21. The Bertz CT molecular complexity index is 833. The number of benzene rings is 2. The van der Waals surface area contributed by atoms with E-state index < -0.39 is 29.8 Å². The first-order valence-corrected chi connectivity index (χ1v) is 8.51. The molecule has 1 aliphatic rings. The van der Waals surface area contributed by atoms with Crippen molar-refractivity contribution in [1.82, 2.24) is 5.32 Å². The van der Waals surface area contributed by atoms with Gasteiger partial charge in [0.05, 0.1) is 18.3 Å². The summed E-state index contributed by atoms with van der Waals surface area (Å²) in [5, 5.41) is 20.8. The predicted molar refractivity (Wildman–Crippen MR) is 95.5 cm³/mol. The van der Waals surface area contributed by atoms with Crippen LogP contribution in [0.1, 0.15) is 12.0 Å². The molecule has 3 atom stereocenters.